The number of fused-ring (bicyclic) bond motifs is 3. The van der Waals surface area contributed by atoms with Crippen molar-refractivity contribution in [3.05, 3.63) is 53.6 Å². The topological polar surface area (TPSA) is 67.2 Å². The second-order valence-electron chi connectivity index (χ2n) is 8.76. The van der Waals surface area contributed by atoms with Crippen molar-refractivity contribution in [2.24, 2.45) is 5.92 Å². The summed E-state index contributed by atoms with van der Waals surface area (Å²) in [7, 11) is 3.34. The fraction of sp³-hybridized carbons (Fsp3) is 0.500. The number of benzene rings is 2. The molecule has 0 N–H and O–H groups in total. The van der Waals surface area contributed by atoms with Crippen LogP contribution in [0.3, 0.4) is 0 Å². The number of ether oxygens (including phenoxy) is 4. The van der Waals surface area contributed by atoms with Crippen LogP contribution in [0.4, 0.5) is 0 Å². The van der Waals surface area contributed by atoms with E-state index in [-0.39, 0.29) is 6.10 Å². The Bertz CT molecular complexity index is 928. The molecule has 0 aliphatic carbocycles. The molecule has 7 heteroatoms. The van der Waals surface area contributed by atoms with Crippen LogP contribution in [-0.4, -0.2) is 82.6 Å². The molecule has 2 heterocycles. The van der Waals surface area contributed by atoms with E-state index in [0.717, 1.165) is 69.5 Å². The minimum absolute atomic E-state index is 0.220. The summed E-state index contributed by atoms with van der Waals surface area (Å²) in [5.41, 5.74) is 1.90. The zero-order chi connectivity index (χ0) is 23.0. The van der Waals surface area contributed by atoms with E-state index in [9.17, 15) is 0 Å². The first kappa shape index (κ1) is 23.4. The normalized spacial score (nSPS) is 21.1. The maximum atomic E-state index is 8.91. The van der Waals surface area contributed by atoms with E-state index in [4.69, 9.17) is 24.2 Å². The van der Waals surface area contributed by atoms with Gasteiger partial charge in [0.2, 0.25) is 0 Å². The van der Waals surface area contributed by atoms with Gasteiger partial charge in [-0.05, 0) is 48.4 Å². The first-order chi connectivity index (χ1) is 16.2. The standard InChI is InChI=1S/C26H33N3O4/c1-30-25-8-5-20(13-26(25)31-2)9-10-28-15-22-16-29(18-24(17-28)33-19-22)11-12-32-23-6-3-21(14-27)4-7-23/h3-8,13,22,24H,9-12,15-19H2,1-2H3. The molecule has 2 unspecified atom stereocenters. The lowest BCUT2D eigenvalue weighted by molar-refractivity contribution is 0.0422. The molecule has 2 fully saturated rings. The van der Waals surface area contributed by atoms with Crippen molar-refractivity contribution in [1.82, 2.24) is 9.80 Å². The summed E-state index contributed by atoms with van der Waals surface area (Å²) in [5, 5.41) is 8.91. The van der Waals surface area contributed by atoms with Crippen LogP contribution in [0.5, 0.6) is 17.2 Å². The van der Waals surface area contributed by atoms with Crippen molar-refractivity contribution >= 4 is 0 Å². The zero-order valence-corrected chi connectivity index (χ0v) is 19.5. The number of methoxy groups -OCH3 is 2. The molecule has 176 valence electrons. The van der Waals surface area contributed by atoms with Gasteiger partial charge in [-0.3, -0.25) is 9.80 Å². The monoisotopic (exact) mass is 451 g/mol. The third-order valence-electron chi connectivity index (χ3n) is 6.35. The average molecular weight is 452 g/mol. The van der Waals surface area contributed by atoms with Gasteiger partial charge >= 0.3 is 0 Å². The van der Waals surface area contributed by atoms with Crippen molar-refractivity contribution < 1.29 is 18.9 Å². The highest BCUT2D eigenvalue weighted by Gasteiger charge is 2.31. The number of nitriles is 1. The van der Waals surface area contributed by atoms with E-state index in [2.05, 4.69) is 28.0 Å². The Morgan fingerprint density at radius 2 is 1.67 bits per heavy atom. The maximum Gasteiger partial charge on any atom is 0.160 e. The first-order valence-corrected chi connectivity index (χ1v) is 11.6. The highest BCUT2D eigenvalue weighted by Crippen LogP contribution is 2.28. The number of nitrogens with zero attached hydrogens (tertiary/aromatic N) is 3. The molecule has 2 aromatic carbocycles. The largest absolute Gasteiger partial charge is 0.493 e. The molecule has 2 aromatic rings. The van der Waals surface area contributed by atoms with Gasteiger partial charge in [-0.2, -0.15) is 5.26 Å². The van der Waals surface area contributed by atoms with E-state index in [1.54, 1.807) is 26.4 Å². The van der Waals surface area contributed by atoms with E-state index < -0.39 is 0 Å². The van der Waals surface area contributed by atoms with Crippen LogP contribution < -0.4 is 14.2 Å². The Morgan fingerprint density at radius 1 is 0.939 bits per heavy atom. The molecule has 2 bridgehead atoms. The summed E-state index contributed by atoms with van der Waals surface area (Å²) in [6.07, 6.45) is 1.19. The minimum Gasteiger partial charge on any atom is -0.493 e. The quantitative estimate of drug-likeness (QED) is 0.581. The van der Waals surface area contributed by atoms with Gasteiger partial charge in [0.1, 0.15) is 12.4 Å². The van der Waals surface area contributed by atoms with Gasteiger partial charge in [-0.1, -0.05) is 6.07 Å². The molecule has 2 saturated heterocycles. The fourth-order valence-electron chi connectivity index (χ4n) is 4.66. The molecule has 2 aliphatic heterocycles. The Hall–Kier alpha value is -2.79. The Balaban J connectivity index is 1.25. The van der Waals surface area contributed by atoms with E-state index in [1.165, 1.54) is 5.56 Å². The Morgan fingerprint density at radius 3 is 2.36 bits per heavy atom. The second-order valence-corrected chi connectivity index (χ2v) is 8.76. The second kappa shape index (κ2) is 11.4. The van der Waals surface area contributed by atoms with Crippen LogP contribution in [0, 0.1) is 17.2 Å². The number of hydrogen-bond donors (Lipinski definition) is 0. The molecule has 0 radical (unpaired) electrons. The summed E-state index contributed by atoms with van der Waals surface area (Å²) < 4.78 is 22.9. The molecular weight excluding hydrogens is 418 g/mol. The predicted octanol–water partition coefficient (Wildman–Crippen LogP) is 2.83. The Labute approximate surface area is 196 Å². The van der Waals surface area contributed by atoms with Crippen LogP contribution in [0.15, 0.2) is 42.5 Å². The summed E-state index contributed by atoms with van der Waals surface area (Å²) in [6, 6.07) is 15.6. The van der Waals surface area contributed by atoms with Gasteiger partial charge in [0.15, 0.2) is 11.5 Å². The van der Waals surface area contributed by atoms with Crippen LogP contribution >= 0.6 is 0 Å². The average Bonchev–Trinajstić information content (AvgIpc) is 3.15. The molecule has 0 saturated carbocycles. The SMILES string of the molecule is COc1ccc(CCN2CC3COC(CN(CCOc4ccc(C#N)cc4)C3)C2)cc1OC. The van der Waals surface area contributed by atoms with Crippen LogP contribution in [0.1, 0.15) is 11.1 Å². The fourth-order valence-corrected chi connectivity index (χ4v) is 4.66. The van der Waals surface area contributed by atoms with Gasteiger partial charge < -0.3 is 18.9 Å². The molecule has 33 heavy (non-hydrogen) atoms. The lowest BCUT2D eigenvalue weighted by Gasteiger charge is -2.33. The molecule has 4 rings (SSSR count). The van der Waals surface area contributed by atoms with Crippen LogP contribution in [-0.2, 0) is 11.2 Å². The van der Waals surface area contributed by atoms with E-state index in [1.807, 2.05) is 18.2 Å². The highest BCUT2D eigenvalue weighted by molar-refractivity contribution is 5.43. The molecular formula is C26H33N3O4. The summed E-state index contributed by atoms with van der Waals surface area (Å²) in [4.78, 5) is 5.02. The zero-order valence-electron chi connectivity index (χ0n) is 19.5. The van der Waals surface area contributed by atoms with Gasteiger partial charge in [-0.15, -0.1) is 0 Å². The lowest BCUT2D eigenvalue weighted by Crippen LogP contribution is -2.46. The first-order valence-electron chi connectivity index (χ1n) is 11.6. The van der Waals surface area contributed by atoms with Crippen molar-refractivity contribution in [3.63, 3.8) is 0 Å². The lowest BCUT2D eigenvalue weighted by atomic mass is 10.1. The van der Waals surface area contributed by atoms with Gasteiger partial charge in [0.05, 0.1) is 38.6 Å². The van der Waals surface area contributed by atoms with Gasteiger partial charge in [0, 0.05) is 45.2 Å². The maximum absolute atomic E-state index is 8.91. The predicted molar refractivity (Wildman–Crippen MR) is 126 cm³/mol. The Kier molecular flexibility index (Phi) is 8.05. The summed E-state index contributed by atoms with van der Waals surface area (Å²) in [5.74, 6) is 2.85. The van der Waals surface area contributed by atoms with Gasteiger partial charge in [0.25, 0.3) is 0 Å². The summed E-state index contributed by atoms with van der Waals surface area (Å²) >= 11 is 0. The van der Waals surface area contributed by atoms with Crippen molar-refractivity contribution in [2.45, 2.75) is 12.5 Å². The third-order valence-corrected chi connectivity index (χ3v) is 6.35. The smallest absolute Gasteiger partial charge is 0.160 e. The minimum atomic E-state index is 0.220. The van der Waals surface area contributed by atoms with E-state index >= 15 is 0 Å². The van der Waals surface area contributed by atoms with Gasteiger partial charge in [-0.25, -0.2) is 0 Å². The van der Waals surface area contributed by atoms with Crippen molar-refractivity contribution in [2.75, 3.05) is 66.7 Å². The van der Waals surface area contributed by atoms with Crippen LogP contribution in [0.25, 0.3) is 0 Å². The van der Waals surface area contributed by atoms with Crippen molar-refractivity contribution in [1.29, 1.82) is 5.26 Å². The van der Waals surface area contributed by atoms with Crippen LogP contribution in [0.2, 0.25) is 0 Å². The molecule has 0 spiro atoms. The summed E-state index contributed by atoms with van der Waals surface area (Å²) in [6.45, 7) is 7.31. The van der Waals surface area contributed by atoms with Crippen molar-refractivity contribution in [3.8, 4) is 23.3 Å². The number of hydrogen-bond acceptors (Lipinski definition) is 7. The third kappa shape index (κ3) is 6.38. The molecule has 0 amide bonds. The number of rotatable bonds is 9. The molecule has 2 atom stereocenters. The van der Waals surface area contributed by atoms with E-state index in [0.29, 0.717) is 18.1 Å². The highest BCUT2D eigenvalue weighted by atomic mass is 16.5. The molecule has 2 aliphatic rings. The molecule has 0 aromatic heterocycles. The molecule has 7 nitrogen and oxygen atoms in total.